The molecule has 12 heavy (non-hydrogen) atoms. The Hall–Kier alpha value is -1.52. The van der Waals surface area contributed by atoms with E-state index in [0.29, 0.717) is 11.5 Å². The van der Waals surface area contributed by atoms with Crippen LogP contribution in [-0.2, 0) is 0 Å². The summed E-state index contributed by atoms with van der Waals surface area (Å²) in [5.41, 5.74) is 5.60. The lowest BCUT2D eigenvalue weighted by atomic mass is 10.2. The van der Waals surface area contributed by atoms with Crippen LogP contribution in [0.3, 0.4) is 0 Å². The van der Waals surface area contributed by atoms with Gasteiger partial charge < -0.3 is 15.6 Å². The standard InChI is InChI=1S/C7H11N3O2/c1-4-3-6(10-12-4)5(2)9-7(8)11/h3,5H,1-2H3,(H3,8,9,11). The van der Waals surface area contributed by atoms with Gasteiger partial charge in [-0.1, -0.05) is 5.16 Å². The smallest absolute Gasteiger partial charge is 0.312 e. The molecule has 3 N–H and O–H groups in total. The van der Waals surface area contributed by atoms with Crippen molar-refractivity contribution >= 4 is 6.03 Å². The Morgan fingerprint density at radius 1 is 1.83 bits per heavy atom. The molecule has 5 heteroatoms. The zero-order valence-electron chi connectivity index (χ0n) is 7.00. The number of hydrogen-bond donors (Lipinski definition) is 2. The first kappa shape index (κ1) is 8.58. The van der Waals surface area contributed by atoms with E-state index in [9.17, 15) is 4.79 Å². The van der Waals surface area contributed by atoms with Gasteiger partial charge in [-0.2, -0.15) is 0 Å². The summed E-state index contributed by atoms with van der Waals surface area (Å²) in [6.07, 6.45) is 0. The molecule has 0 saturated carbocycles. The van der Waals surface area contributed by atoms with Crippen molar-refractivity contribution in [2.45, 2.75) is 19.9 Å². The van der Waals surface area contributed by atoms with Crippen molar-refractivity contribution < 1.29 is 9.32 Å². The minimum absolute atomic E-state index is 0.208. The normalized spacial score (nSPS) is 12.5. The Morgan fingerprint density at radius 3 is 2.92 bits per heavy atom. The molecule has 1 heterocycles. The number of primary amides is 1. The lowest BCUT2D eigenvalue weighted by Crippen LogP contribution is -2.31. The summed E-state index contributed by atoms with van der Waals surface area (Å²) in [5.74, 6) is 0.711. The maximum absolute atomic E-state index is 10.4. The fourth-order valence-corrected chi connectivity index (χ4v) is 0.877. The second kappa shape index (κ2) is 3.25. The molecule has 1 aromatic heterocycles. The van der Waals surface area contributed by atoms with Gasteiger partial charge in [0.15, 0.2) is 0 Å². The molecule has 66 valence electrons. The number of nitrogens with zero attached hydrogens (tertiary/aromatic N) is 1. The summed E-state index contributed by atoms with van der Waals surface area (Å²) in [6.45, 7) is 3.57. The van der Waals surface area contributed by atoms with Crippen LogP contribution in [0, 0.1) is 6.92 Å². The highest BCUT2D eigenvalue weighted by atomic mass is 16.5. The Balaban J connectivity index is 2.64. The molecule has 0 aliphatic heterocycles. The van der Waals surface area contributed by atoms with Gasteiger partial charge in [0, 0.05) is 6.07 Å². The van der Waals surface area contributed by atoms with E-state index in [0.717, 1.165) is 0 Å². The molecule has 0 fully saturated rings. The SMILES string of the molecule is Cc1cc(C(C)NC(N)=O)no1. The molecule has 1 unspecified atom stereocenters. The average molecular weight is 169 g/mol. The second-order valence-electron chi connectivity index (χ2n) is 2.59. The van der Waals surface area contributed by atoms with E-state index in [1.807, 2.05) is 0 Å². The quantitative estimate of drug-likeness (QED) is 0.684. The molecule has 0 bridgehead atoms. The monoisotopic (exact) mass is 169 g/mol. The van der Waals surface area contributed by atoms with Gasteiger partial charge in [0.2, 0.25) is 0 Å². The molecule has 0 radical (unpaired) electrons. The van der Waals surface area contributed by atoms with Crippen molar-refractivity contribution in [2.24, 2.45) is 5.73 Å². The highest BCUT2D eigenvalue weighted by Crippen LogP contribution is 2.10. The minimum Gasteiger partial charge on any atom is -0.361 e. The maximum Gasteiger partial charge on any atom is 0.312 e. The van der Waals surface area contributed by atoms with Crippen molar-refractivity contribution in [2.75, 3.05) is 0 Å². The number of aromatic nitrogens is 1. The molecule has 0 aliphatic rings. The summed E-state index contributed by atoms with van der Waals surface area (Å²) in [4.78, 5) is 10.4. The van der Waals surface area contributed by atoms with E-state index in [2.05, 4.69) is 10.5 Å². The van der Waals surface area contributed by atoms with Crippen LogP contribution in [0.5, 0.6) is 0 Å². The Morgan fingerprint density at radius 2 is 2.50 bits per heavy atom. The number of hydrogen-bond acceptors (Lipinski definition) is 3. The number of aryl methyl sites for hydroxylation is 1. The molecule has 1 aromatic rings. The lowest BCUT2D eigenvalue weighted by Gasteiger charge is -2.06. The Bertz CT molecular complexity index is 282. The summed E-state index contributed by atoms with van der Waals surface area (Å²) in [6, 6.07) is 0.976. The van der Waals surface area contributed by atoms with Gasteiger partial charge in [0.1, 0.15) is 11.5 Å². The van der Waals surface area contributed by atoms with Crippen molar-refractivity contribution in [3.63, 3.8) is 0 Å². The third-order valence-corrected chi connectivity index (χ3v) is 1.45. The molecular formula is C7H11N3O2. The highest BCUT2D eigenvalue weighted by Gasteiger charge is 2.10. The number of carbonyl (C=O) groups is 1. The molecular weight excluding hydrogens is 158 g/mol. The van der Waals surface area contributed by atoms with E-state index in [-0.39, 0.29) is 6.04 Å². The average Bonchev–Trinajstić information content (AvgIpc) is 2.34. The zero-order chi connectivity index (χ0) is 9.14. The zero-order valence-corrected chi connectivity index (χ0v) is 7.00. The number of carbonyl (C=O) groups excluding carboxylic acids is 1. The molecule has 2 amide bonds. The van der Waals surface area contributed by atoms with Crippen LogP contribution in [0.15, 0.2) is 10.6 Å². The predicted octanol–water partition coefficient (Wildman–Crippen LogP) is 0.712. The highest BCUT2D eigenvalue weighted by molar-refractivity contribution is 5.72. The summed E-state index contributed by atoms with van der Waals surface area (Å²) in [7, 11) is 0. The summed E-state index contributed by atoms with van der Waals surface area (Å²) < 4.78 is 4.83. The number of urea groups is 1. The van der Waals surface area contributed by atoms with E-state index in [4.69, 9.17) is 10.3 Å². The van der Waals surface area contributed by atoms with E-state index >= 15 is 0 Å². The van der Waals surface area contributed by atoms with E-state index < -0.39 is 6.03 Å². The third-order valence-electron chi connectivity index (χ3n) is 1.45. The first-order valence-electron chi connectivity index (χ1n) is 3.59. The van der Waals surface area contributed by atoms with Crippen molar-refractivity contribution in [3.05, 3.63) is 17.5 Å². The van der Waals surface area contributed by atoms with Crippen LogP contribution >= 0.6 is 0 Å². The number of nitrogens with two attached hydrogens (primary N) is 1. The van der Waals surface area contributed by atoms with Crippen molar-refractivity contribution in [3.8, 4) is 0 Å². The summed E-state index contributed by atoms with van der Waals surface area (Å²) >= 11 is 0. The van der Waals surface area contributed by atoms with Gasteiger partial charge in [-0.25, -0.2) is 4.79 Å². The van der Waals surface area contributed by atoms with E-state index in [1.54, 1.807) is 19.9 Å². The van der Waals surface area contributed by atoms with Crippen LogP contribution in [0.4, 0.5) is 4.79 Å². The van der Waals surface area contributed by atoms with E-state index in [1.165, 1.54) is 0 Å². The van der Waals surface area contributed by atoms with Gasteiger partial charge >= 0.3 is 6.03 Å². The maximum atomic E-state index is 10.4. The fraction of sp³-hybridized carbons (Fsp3) is 0.429. The minimum atomic E-state index is -0.567. The largest absolute Gasteiger partial charge is 0.361 e. The molecule has 1 rings (SSSR count). The van der Waals surface area contributed by atoms with Crippen molar-refractivity contribution in [1.82, 2.24) is 10.5 Å². The van der Waals surface area contributed by atoms with Gasteiger partial charge in [0.25, 0.3) is 0 Å². The number of amides is 2. The fourth-order valence-electron chi connectivity index (χ4n) is 0.877. The van der Waals surface area contributed by atoms with Crippen LogP contribution in [0.25, 0.3) is 0 Å². The van der Waals surface area contributed by atoms with Gasteiger partial charge in [-0.15, -0.1) is 0 Å². The third kappa shape index (κ3) is 1.98. The van der Waals surface area contributed by atoms with Crippen molar-refractivity contribution in [1.29, 1.82) is 0 Å². The number of nitrogens with one attached hydrogen (secondary N) is 1. The second-order valence-corrected chi connectivity index (χ2v) is 2.59. The topological polar surface area (TPSA) is 81.1 Å². The first-order valence-corrected chi connectivity index (χ1v) is 3.59. The molecule has 0 saturated heterocycles. The van der Waals surface area contributed by atoms with Gasteiger partial charge in [-0.05, 0) is 13.8 Å². The first-order chi connectivity index (χ1) is 5.59. The molecule has 5 nitrogen and oxygen atoms in total. The van der Waals surface area contributed by atoms with Crippen LogP contribution in [-0.4, -0.2) is 11.2 Å². The molecule has 0 aromatic carbocycles. The van der Waals surface area contributed by atoms with Gasteiger partial charge in [-0.3, -0.25) is 0 Å². The van der Waals surface area contributed by atoms with Gasteiger partial charge in [0.05, 0.1) is 6.04 Å². The molecule has 1 atom stereocenters. The predicted molar refractivity (Wildman–Crippen MR) is 42.4 cm³/mol. The molecule has 0 aliphatic carbocycles. The Kier molecular flexibility index (Phi) is 2.32. The van der Waals surface area contributed by atoms with Crippen LogP contribution < -0.4 is 11.1 Å². The molecule has 0 spiro atoms. The number of rotatable bonds is 2. The Labute approximate surface area is 69.9 Å². The lowest BCUT2D eigenvalue weighted by molar-refractivity contribution is 0.245. The summed E-state index contributed by atoms with van der Waals surface area (Å²) in [5, 5.41) is 6.21. The van der Waals surface area contributed by atoms with Crippen LogP contribution in [0.2, 0.25) is 0 Å². The van der Waals surface area contributed by atoms with Crippen LogP contribution in [0.1, 0.15) is 24.4 Å².